The molecule has 0 atom stereocenters. The van der Waals surface area contributed by atoms with Crippen LogP contribution in [0.4, 0.5) is 0 Å². The van der Waals surface area contributed by atoms with Gasteiger partial charge in [-0.05, 0) is 43.7 Å². The summed E-state index contributed by atoms with van der Waals surface area (Å²) in [5.74, 6) is 1.46. The number of sulfonamides is 1. The third-order valence-electron chi connectivity index (χ3n) is 5.01. The van der Waals surface area contributed by atoms with Crippen LogP contribution in [0.1, 0.15) is 51.0 Å². The second kappa shape index (κ2) is 6.03. The van der Waals surface area contributed by atoms with Gasteiger partial charge in [0.25, 0.3) is 10.0 Å². The summed E-state index contributed by atoms with van der Waals surface area (Å²) in [5.41, 5.74) is 0.751. The fourth-order valence-electron chi connectivity index (χ4n) is 3.74. The third-order valence-corrected chi connectivity index (χ3v) is 6.33. The van der Waals surface area contributed by atoms with Gasteiger partial charge in [0.05, 0.1) is 0 Å². The van der Waals surface area contributed by atoms with Crippen molar-refractivity contribution in [2.24, 2.45) is 10.3 Å². The highest BCUT2D eigenvalue weighted by Gasteiger charge is 2.33. The van der Waals surface area contributed by atoms with Crippen molar-refractivity contribution in [3.05, 3.63) is 29.8 Å². The van der Waals surface area contributed by atoms with Crippen LogP contribution < -0.4 is 0 Å². The lowest BCUT2D eigenvalue weighted by atomic mass is 9.83. The minimum absolute atomic E-state index is 0.344. The molecule has 0 spiro atoms. The van der Waals surface area contributed by atoms with Gasteiger partial charge in [0, 0.05) is 18.7 Å². The Bertz CT molecular complexity index is 674. The summed E-state index contributed by atoms with van der Waals surface area (Å²) >= 11 is 0. The standard InChI is InChI=1S/C17H24N2O2S/c1-3-6-13-9-11-14(12-10-13)19(2)17-15-7-4-5-8-16(15)22(20,21)18-17/h4-5,7-8,13-14H,3,6,9-12H2,1-2H3. The molecule has 1 saturated carbocycles. The van der Waals surface area contributed by atoms with E-state index in [1.807, 2.05) is 19.2 Å². The van der Waals surface area contributed by atoms with Gasteiger partial charge in [-0.3, -0.25) is 0 Å². The Morgan fingerprint density at radius 2 is 1.86 bits per heavy atom. The van der Waals surface area contributed by atoms with Crippen molar-refractivity contribution in [3.63, 3.8) is 0 Å². The summed E-state index contributed by atoms with van der Waals surface area (Å²) < 4.78 is 28.4. The largest absolute Gasteiger partial charge is 0.355 e. The van der Waals surface area contributed by atoms with E-state index in [0.717, 1.165) is 24.3 Å². The molecule has 22 heavy (non-hydrogen) atoms. The Kier molecular flexibility index (Phi) is 4.26. The van der Waals surface area contributed by atoms with Crippen LogP contribution in [0.5, 0.6) is 0 Å². The van der Waals surface area contributed by atoms with Gasteiger partial charge >= 0.3 is 0 Å². The molecule has 120 valence electrons. The highest BCUT2D eigenvalue weighted by Crippen LogP contribution is 2.33. The molecule has 0 unspecified atom stereocenters. The minimum atomic E-state index is -3.51. The molecular weight excluding hydrogens is 296 g/mol. The number of hydrogen-bond donors (Lipinski definition) is 0. The number of rotatable bonds is 3. The first kappa shape index (κ1) is 15.5. The highest BCUT2D eigenvalue weighted by atomic mass is 32.2. The summed E-state index contributed by atoms with van der Waals surface area (Å²) in [4.78, 5) is 2.43. The van der Waals surface area contributed by atoms with Crippen LogP contribution in [-0.2, 0) is 10.0 Å². The third kappa shape index (κ3) is 2.78. The Hall–Kier alpha value is -1.36. The number of hydrogen-bond acceptors (Lipinski definition) is 3. The molecule has 0 N–H and O–H groups in total. The van der Waals surface area contributed by atoms with Gasteiger partial charge in [0.2, 0.25) is 0 Å². The lowest BCUT2D eigenvalue weighted by molar-refractivity contribution is 0.222. The maximum Gasteiger partial charge on any atom is 0.285 e. The van der Waals surface area contributed by atoms with Crippen molar-refractivity contribution in [3.8, 4) is 0 Å². The zero-order valence-corrected chi connectivity index (χ0v) is 14.1. The SMILES string of the molecule is CCCC1CCC(N(C)C2=NS(=O)(=O)c3ccccc32)CC1. The molecule has 5 heteroatoms. The second-order valence-corrected chi connectivity index (χ2v) is 8.03. The molecule has 0 bridgehead atoms. The van der Waals surface area contributed by atoms with Crippen LogP contribution >= 0.6 is 0 Å². The van der Waals surface area contributed by atoms with E-state index < -0.39 is 10.0 Å². The number of amidine groups is 1. The van der Waals surface area contributed by atoms with Gasteiger partial charge < -0.3 is 4.90 Å². The summed E-state index contributed by atoms with van der Waals surface area (Å²) in [5, 5.41) is 0. The average molecular weight is 320 g/mol. The molecule has 1 aliphatic carbocycles. The fourth-order valence-corrected chi connectivity index (χ4v) is 4.99. The van der Waals surface area contributed by atoms with Crippen molar-refractivity contribution in [2.75, 3.05) is 7.05 Å². The Morgan fingerprint density at radius 1 is 1.18 bits per heavy atom. The van der Waals surface area contributed by atoms with Crippen LogP contribution in [0.25, 0.3) is 0 Å². The quantitative estimate of drug-likeness (QED) is 0.857. The summed E-state index contributed by atoms with van der Waals surface area (Å²) in [6, 6.07) is 7.53. The van der Waals surface area contributed by atoms with Crippen LogP contribution in [0.2, 0.25) is 0 Å². The maximum atomic E-state index is 12.2. The maximum absolute atomic E-state index is 12.2. The number of benzene rings is 1. The Morgan fingerprint density at radius 3 is 2.55 bits per heavy atom. The molecular formula is C17H24N2O2S. The molecule has 4 nitrogen and oxygen atoms in total. The normalized spacial score (nSPS) is 26.4. The first-order valence-corrected chi connectivity index (χ1v) is 9.64. The molecule has 2 aliphatic rings. The van der Waals surface area contributed by atoms with E-state index in [1.165, 1.54) is 25.7 Å². The molecule has 1 fully saturated rings. The van der Waals surface area contributed by atoms with Crippen molar-refractivity contribution < 1.29 is 8.42 Å². The van der Waals surface area contributed by atoms with Gasteiger partial charge in [-0.15, -0.1) is 4.40 Å². The van der Waals surface area contributed by atoms with Gasteiger partial charge in [-0.2, -0.15) is 8.42 Å². The minimum Gasteiger partial charge on any atom is -0.355 e. The number of fused-ring (bicyclic) bond motifs is 1. The summed E-state index contributed by atoms with van der Waals surface area (Å²) in [6.45, 7) is 2.24. The average Bonchev–Trinajstić information content (AvgIpc) is 2.80. The molecule has 3 rings (SSSR count). The lowest BCUT2D eigenvalue weighted by Crippen LogP contribution is -2.39. The van der Waals surface area contributed by atoms with E-state index in [-0.39, 0.29) is 0 Å². The van der Waals surface area contributed by atoms with Gasteiger partial charge in [-0.1, -0.05) is 31.9 Å². The van der Waals surface area contributed by atoms with Gasteiger partial charge in [-0.25, -0.2) is 0 Å². The zero-order valence-electron chi connectivity index (χ0n) is 13.3. The molecule has 0 aromatic heterocycles. The van der Waals surface area contributed by atoms with E-state index in [4.69, 9.17) is 0 Å². The summed E-state index contributed by atoms with van der Waals surface area (Å²) in [6.07, 6.45) is 7.30. The van der Waals surface area contributed by atoms with Crippen molar-refractivity contribution in [2.45, 2.75) is 56.4 Å². The predicted octanol–water partition coefficient (Wildman–Crippen LogP) is 3.43. The van der Waals surface area contributed by atoms with Crippen molar-refractivity contribution in [1.82, 2.24) is 4.90 Å². The first-order chi connectivity index (χ1) is 10.5. The molecule has 0 radical (unpaired) electrons. The monoisotopic (exact) mass is 320 g/mol. The summed E-state index contributed by atoms with van der Waals surface area (Å²) in [7, 11) is -1.52. The zero-order chi connectivity index (χ0) is 15.7. The fraction of sp³-hybridized carbons (Fsp3) is 0.588. The predicted molar refractivity (Wildman–Crippen MR) is 88.6 cm³/mol. The van der Waals surface area contributed by atoms with Crippen LogP contribution in [0.15, 0.2) is 33.6 Å². The smallest absolute Gasteiger partial charge is 0.285 e. The van der Waals surface area contributed by atoms with Crippen molar-refractivity contribution in [1.29, 1.82) is 0 Å². The molecule has 1 aromatic rings. The van der Waals surface area contributed by atoms with E-state index >= 15 is 0 Å². The van der Waals surface area contributed by atoms with E-state index in [1.54, 1.807) is 12.1 Å². The molecule has 1 heterocycles. The first-order valence-electron chi connectivity index (χ1n) is 8.20. The molecule has 1 aliphatic heterocycles. The van der Waals surface area contributed by atoms with Crippen molar-refractivity contribution >= 4 is 15.9 Å². The topological polar surface area (TPSA) is 49.7 Å². The Balaban J connectivity index is 1.78. The molecule has 0 saturated heterocycles. The highest BCUT2D eigenvalue weighted by molar-refractivity contribution is 7.90. The number of nitrogens with zero attached hydrogens (tertiary/aromatic N) is 2. The van der Waals surface area contributed by atoms with Gasteiger partial charge in [0.15, 0.2) is 5.84 Å². The van der Waals surface area contributed by atoms with Crippen LogP contribution in [0.3, 0.4) is 0 Å². The van der Waals surface area contributed by atoms with E-state index in [0.29, 0.717) is 16.8 Å². The second-order valence-electron chi connectivity index (χ2n) is 6.46. The van der Waals surface area contributed by atoms with Crippen LogP contribution in [0, 0.1) is 5.92 Å². The van der Waals surface area contributed by atoms with Gasteiger partial charge in [0.1, 0.15) is 4.90 Å². The Labute approximate surface area is 133 Å². The van der Waals surface area contributed by atoms with Crippen LogP contribution in [-0.4, -0.2) is 32.2 Å². The lowest BCUT2D eigenvalue weighted by Gasteiger charge is -2.35. The van der Waals surface area contributed by atoms with E-state index in [9.17, 15) is 8.42 Å². The molecule has 1 aromatic carbocycles. The van der Waals surface area contributed by atoms with E-state index in [2.05, 4.69) is 16.2 Å². The molecule has 0 amide bonds.